The third kappa shape index (κ3) is 3.62. The van der Waals surface area contributed by atoms with Crippen LogP contribution in [0, 0.1) is 0 Å². The Balaban J connectivity index is 1.33. The van der Waals surface area contributed by atoms with Gasteiger partial charge in [0.25, 0.3) is 0 Å². The lowest BCUT2D eigenvalue weighted by Crippen LogP contribution is -2.40. The van der Waals surface area contributed by atoms with Gasteiger partial charge in [0.15, 0.2) is 0 Å². The van der Waals surface area contributed by atoms with E-state index in [2.05, 4.69) is 16.3 Å². The summed E-state index contributed by atoms with van der Waals surface area (Å²) >= 11 is 0. The zero-order valence-corrected chi connectivity index (χ0v) is 15.5. The van der Waals surface area contributed by atoms with Crippen LogP contribution in [0.15, 0.2) is 35.7 Å². The number of epoxide rings is 1. The predicted octanol–water partition coefficient (Wildman–Crippen LogP) is 2.56. The van der Waals surface area contributed by atoms with Crippen LogP contribution in [0.2, 0.25) is 0 Å². The van der Waals surface area contributed by atoms with Gasteiger partial charge < -0.3 is 20.2 Å². The number of ether oxygens (including phenoxy) is 2. The van der Waals surface area contributed by atoms with Crippen molar-refractivity contribution in [1.29, 1.82) is 0 Å². The third-order valence-corrected chi connectivity index (χ3v) is 5.68. The van der Waals surface area contributed by atoms with Crippen LogP contribution >= 0.6 is 0 Å². The Bertz CT molecular complexity index is 847. The first-order valence-corrected chi connectivity index (χ1v) is 9.65. The normalized spacial score (nSPS) is 28.2. The van der Waals surface area contributed by atoms with Gasteiger partial charge in [-0.25, -0.2) is 4.79 Å². The number of carbonyl (C=O) groups excluding carboxylic acids is 1. The number of benzene rings is 1. The molecule has 2 heterocycles. The van der Waals surface area contributed by atoms with E-state index in [1.165, 1.54) is 12.1 Å². The van der Waals surface area contributed by atoms with Gasteiger partial charge in [0.05, 0.1) is 30.1 Å². The molecule has 7 nitrogen and oxygen atoms in total. The molecular weight excluding hydrogens is 389 g/mol. The molecule has 29 heavy (non-hydrogen) atoms. The molecule has 0 aromatic heterocycles. The second-order valence-electron chi connectivity index (χ2n) is 7.91. The molecule has 5 rings (SSSR count). The molecule has 156 valence electrons. The number of amides is 1. The molecule has 0 radical (unpaired) electrons. The molecule has 1 spiro atoms. The molecule has 0 unspecified atom stereocenters. The molecule has 1 amide bonds. The van der Waals surface area contributed by atoms with E-state index < -0.39 is 29.5 Å². The maximum absolute atomic E-state index is 12.8. The van der Waals surface area contributed by atoms with Gasteiger partial charge in [-0.05, 0) is 43.4 Å². The number of hydrogen-bond donors (Lipinski definition) is 3. The average Bonchev–Trinajstić information content (AvgIpc) is 3.59. The van der Waals surface area contributed by atoms with Crippen LogP contribution in [0.25, 0.3) is 0 Å². The largest absolute Gasteiger partial charge is 0.440 e. The zero-order valence-electron chi connectivity index (χ0n) is 15.5. The Labute approximate surface area is 165 Å². The Morgan fingerprint density at radius 3 is 2.62 bits per heavy atom. The summed E-state index contributed by atoms with van der Waals surface area (Å²) in [4.78, 5) is 12.1. The van der Waals surface area contributed by atoms with Gasteiger partial charge >= 0.3 is 12.3 Å². The van der Waals surface area contributed by atoms with Gasteiger partial charge in [0.2, 0.25) is 0 Å². The number of carbonyl (C=O) groups is 1. The summed E-state index contributed by atoms with van der Waals surface area (Å²) in [6.07, 6.45) is -1.91. The van der Waals surface area contributed by atoms with E-state index in [-0.39, 0.29) is 6.04 Å². The summed E-state index contributed by atoms with van der Waals surface area (Å²) in [7, 11) is 0. The zero-order chi connectivity index (χ0) is 20.2. The van der Waals surface area contributed by atoms with Crippen molar-refractivity contribution in [2.24, 2.45) is 0 Å². The lowest BCUT2D eigenvalue weighted by Gasteiger charge is -2.30. The Hall–Kier alpha value is -2.46. The Morgan fingerprint density at radius 2 is 2.00 bits per heavy atom. The molecule has 3 N–H and O–H groups in total. The highest BCUT2D eigenvalue weighted by molar-refractivity contribution is 5.68. The lowest BCUT2D eigenvalue weighted by atomic mass is 9.88. The molecule has 1 aromatic rings. The van der Waals surface area contributed by atoms with Crippen LogP contribution in [-0.4, -0.2) is 35.5 Å². The minimum atomic E-state index is -4.36. The maximum atomic E-state index is 12.8. The Kier molecular flexibility index (Phi) is 4.18. The molecule has 1 saturated heterocycles. The van der Waals surface area contributed by atoms with Crippen LogP contribution in [0.3, 0.4) is 0 Å². The van der Waals surface area contributed by atoms with Crippen LogP contribution in [0.5, 0.6) is 0 Å². The number of alkyl halides is 3. The highest BCUT2D eigenvalue weighted by Gasteiger charge is 2.57. The van der Waals surface area contributed by atoms with Gasteiger partial charge in [-0.15, -0.1) is 5.53 Å². The molecule has 4 aliphatic rings. The van der Waals surface area contributed by atoms with Crippen molar-refractivity contribution in [3.05, 3.63) is 46.8 Å². The number of hydrazine groups is 2. The Morgan fingerprint density at radius 1 is 1.28 bits per heavy atom. The number of fused-ring (bicyclic) bond motifs is 1. The van der Waals surface area contributed by atoms with Gasteiger partial charge in [0.1, 0.15) is 11.7 Å². The summed E-state index contributed by atoms with van der Waals surface area (Å²) in [5.41, 5.74) is 7.32. The summed E-state index contributed by atoms with van der Waals surface area (Å²) in [5.74, 6) is 0. The van der Waals surface area contributed by atoms with Gasteiger partial charge in [-0.1, -0.05) is 12.1 Å². The van der Waals surface area contributed by atoms with Crippen LogP contribution in [0.4, 0.5) is 18.0 Å². The van der Waals surface area contributed by atoms with Gasteiger partial charge in [0, 0.05) is 6.04 Å². The minimum Gasteiger partial charge on any atom is -0.440 e. The monoisotopic (exact) mass is 410 g/mol. The van der Waals surface area contributed by atoms with Gasteiger partial charge in [-0.2, -0.15) is 13.2 Å². The van der Waals surface area contributed by atoms with Crippen molar-refractivity contribution in [2.75, 3.05) is 6.61 Å². The van der Waals surface area contributed by atoms with Crippen molar-refractivity contribution in [3.63, 3.8) is 0 Å². The first-order chi connectivity index (χ1) is 13.8. The van der Waals surface area contributed by atoms with E-state index in [4.69, 9.17) is 9.47 Å². The first kappa shape index (κ1) is 18.6. The fraction of sp³-hybridized carbons (Fsp3) is 0.526. The fourth-order valence-electron chi connectivity index (χ4n) is 3.88. The van der Waals surface area contributed by atoms with Crippen molar-refractivity contribution in [3.8, 4) is 0 Å². The highest BCUT2D eigenvalue weighted by Crippen LogP contribution is 2.48. The van der Waals surface area contributed by atoms with Crippen LogP contribution in [-0.2, 0) is 22.2 Å². The second-order valence-corrected chi connectivity index (χ2v) is 7.91. The quantitative estimate of drug-likeness (QED) is 0.663. The number of alkyl carbamates (subject to hydrolysis) is 1. The number of hydrogen-bond acceptors (Lipinski definition) is 6. The standard InChI is InChI=1S/C19H21F3N4O3/c20-19(21,22)12-3-1-11(2-4-12)9-26-16-15(24-25-26)14(7-8-18(16)10-28-18)29-17(27)23-13-5-6-13/h1-4,13-14,24-25H,5-10H2,(H,23,27)/t14-,18+/m1/s1. The van der Waals surface area contributed by atoms with E-state index in [1.54, 1.807) is 0 Å². The number of rotatable bonds is 4. The molecule has 10 heteroatoms. The third-order valence-electron chi connectivity index (χ3n) is 5.68. The second kappa shape index (κ2) is 6.53. The highest BCUT2D eigenvalue weighted by atomic mass is 19.4. The SMILES string of the molecule is O=C(NC1CC1)O[C@@H]1CC[C@]2(CO2)C2=C1NNN2Cc1ccc(C(F)(F)F)cc1. The van der Waals surface area contributed by atoms with Crippen molar-refractivity contribution < 1.29 is 27.4 Å². The number of nitrogens with zero attached hydrogens (tertiary/aromatic N) is 1. The summed E-state index contributed by atoms with van der Waals surface area (Å²) in [6.45, 7) is 0.912. The van der Waals surface area contributed by atoms with Crippen molar-refractivity contribution in [2.45, 2.75) is 56.2 Å². The number of nitrogens with one attached hydrogen (secondary N) is 3. The van der Waals surface area contributed by atoms with Crippen molar-refractivity contribution in [1.82, 2.24) is 21.3 Å². The van der Waals surface area contributed by atoms with E-state index in [0.29, 0.717) is 31.6 Å². The van der Waals surface area contributed by atoms with Crippen molar-refractivity contribution >= 4 is 6.09 Å². The molecule has 2 atom stereocenters. The van der Waals surface area contributed by atoms with Gasteiger partial charge in [-0.3, -0.25) is 5.01 Å². The van der Waals surface area contributed by atoms with Crippen LogP contribution in [0.1, 0.15) is 36.8 Å². The van der Waals surface area contributed by atoms with Crippen LogP contribution < -0.4 is 16.3 Å². The smallest absolute Gasteiger partial charge is 0.416 e. The fourth-order valence-corrected chi connectivity index (χ4v) is 3.88. The van der Waals surface area contributed by atoms with E-state index in [0.717, 1.165) is 36.4 Å². The summed E-state index contributed by atoms with van der Waals surface area (Å²) < 4.78 is 49.7. The van der Waals surface area contributed by atoms with E-state index >= 15 is 0 Å². The molecule has 2 aliphatic heterocycles. The predicted molar refractivity (Wildman–Crippen MR) is 94.6 cm³/mol. The number of halogens is 3. The first-order valence-electron chi connectivity index (χ1n) is 9.65. The summed E-state index contributed by atoms with van der Waals surface area (Å²) in [6, 6.07) is 5.29. The molecule has 0 bridgehead atoms. The maximum Gasteiger partial charge on any atom is 0.416 e. The molecule has 2 fully saturated rings. The van der Waals surface area contributed by atoms with E-state index in [9.17, 15) is 18.0 Å². The average molecular weight is 410 g/mol. The minimum absolute atomic E-state index is 0.212. The van der Waals surface area contributed by atoms with E-state index in [1.807, 2.05) is 5.01 Å². The molecule has 2 aliphatic carbocycles. The molecular formula is C19H21F3N4O3. The lowest BCUT2D eigenvalue weighted by molar-refractivity contribution is -0.137. The molecule has 1 aromatic carbocycles. The molecule has 1 saturated carbocycles. The summed E-state index contributed by atoms with van der Waals surface area (Å²) in [5, 5.41) is 4.64. The topological polar surface area (TPSA) is 78.2 Å².